The lowest BCUT2D eigenvalue weighted by Crippen LogP contribution is -2.14. The molecule has 0 aliphatic carbocycles. The lowest BCUT2D eigenvalue weighted by atomic mass is 10.1. The molecule has 0 aromatic rings. The van der Waals surface area contributed by atoms with E-state index in [1.165, 1.54) is 0 Å². The zero-order valence-electron chi connectivity index (χ0n) is 5.01. The molecule has 2 nitrogen and oxygen atoms in total. The molecule has 1 heterocycles. The van der Waals surface area contributed by atoms with Crippen LogP contribution in [0.4, 0.5) is 0 Å². The van der Waals surface area contributed by atoms with Crippen molar-refractivity contribution in [1.82, 2.24) is 0 Å². The smallest absolute Gasteiger partial charge is 0.0705 e. The van der Waals surface area contributed by atoms with E-state index in [0.717, 1.165) is 11.5 Å². The third-order valence-electron chi connectivity index (χ3n) is 1.49. The highest BCUT2D eigenvalue weighted by atomic mass is 32.2. The average Bonchev–Trinajstić information content (AvgIpc) is 2.47. The molecule has 1 aliphatic rings. The van der Waals surface area contributed by atoms with Crippen LogP contribution < -0.4 is 0 Å². The maximum absolute atomic E-state index is 8.29. The van der Waals surface area contributed by atoms with Crippen molar-refractivity contribution < 1.29 is 5.21 Å². The molecule has 0 spiro atoms. The summed E-state index contributed by atoms with van der Waals surface area (Å²) in [7, 11) is 0. The predicted molar refractivity (Wildman–Crippen MR) is 35.8 cm³/mol. The quantitative estimate of drug-likeness (QED) is 0.252. The van der Waals surface area contributed by atoms with Crippen LogP contribution in [0.25, 0.3) is 0 Å². The van der Waals surface area contributed by atoms with Crippen LogP contribution in [-0.4, -0.2) is 21.4 Å². The Morgan fingerprint density at radius 2 is 2.38 bits per heavy atom. The van der Waals surface area contributed by atoms with Gasteiger partial charge in [-0.1, -0.05) is 5.16 Å². The van der Waals surface area contributed by atoms with Gasteiger partial charge in [0, 0.05) is 5.75 Å². The highest BCUT2D eigenvalue weighted by molar-refractivity contribution is 8.08. The Balaban J connectivity index is 2.59. The van der Waals surface area contributed by atoms with Crippen LogP contribution in [0.5, 0.6) is 0 Å². The molecule has 1 saturated heterocycles. The van der Waals surface area contributed by atoms with E-state index in [0.29, 0.717) is 0 Å². The molecular formula is C5H9NOS. The normalized spacial score (nSPS) is 37.5. The summed E-state index contributed by atoms with van der Waals surface area (Å²) in [6.45, 7) is 3.92. The van der Waals surface area contributed by atoms with E-state index < -0.39 is 0 Å². The summed E-state index contributed by atoms with van der Waals surface area (Å²) < 4.78 is 0.175. The van der Waals surface area contributed by atoms with Gasteiger partial charge in [-0.3, -0.25) is 0 Å². The first kappa shape index (κ1) is 5.95. The minimum Gasteiger partial charge on any atom is -0.411 e. The van der Waals surface area contributed by atoms with E-state index in [-0.39, 0.29) is 4.75 Å². The molecular weight excluding hydrogens is 122 g/mol. The Morgan fingerprint density at radius 3 is 2.50 bits per heavy atom. The van der Waals surface area contributed by atoms with E-state index in [1.54, 1.807) is 0 Å². The van der Waals surface area contributed by atoms with Gasteiger partial charge in [0.2, 0.25) is 0 Å². The van der Waals surface area contributed by atoms with Crippen molar-refractivity contribution in [3.8, 4) is 0 Å². The molecule has 1 unspecified atom stereocenters. The predicted octanol–water partition coefficient (Wildman–Crippen LogP) is 1.34. The monoisotopic (exact) mass is 131 g/mol. The van der Waals surface area contributed by atoms with Crippen LogP contribution in [0, 0.1) is 0 Å². The fourth-order valence-corrected chi connectivity index (χ4v) is 1.10. The molecule has 1 aliphatic heterocycles. The summed E-state index contributed by atoms with van der Waals surface area (Å²) in [5, 5.41) is 11.4. The van der Waals surface area contributed by atoms with Crippen molar-refractivity contribution in [2.24, 2.45) is 5.16 Å². The first-order valence-electron chi connectivity index (χ1n) is 2.52. The van der Waals surface area contributed by atoms with Crippen molar-refractivity contribution in [2.45, 2.75) is 18.6 Å². The fourth-order valence-electron chi connectivity index (χ4n) is 0.423. The standard InChI is InChI=1S/C5H9NOS/c1-4(6-7)5(2)3-8-5/h7H,3H2,1-2H3/b6-4+. The molecule has 0 bridgehead atoms. The van der Waals surface area contributed by atoms with Gasteiger partial charge in [-0.15, -0.1) is 11.8 Å². The molecule has 1 N–H and O–H groups in total. The Morgan fingerprint density at radius 1 is 1.88 bits per heavy atom. The van der Waals surface area contributed by atoms with Crippen LogP contribution in [-0.2, 0) is 0 Å². The summed E-state index contributed by atoms with van der Waals surface area (Å²) in [6, 6.07) is 0. The number of rotatable bonds is 1. The van der Waals surface area contributed by atoms with E-state index in [1.807, 2.05) is 18.7 Å². The van der Waals surface area contributed by atoms with E-state index in [2.05, 4.69) is 12.1 Å². The van der Waals surface area contributed by atoms with Crippen molar-refractivity contribution in [3.63, 3.8) is 0 Å². The summed E-state index contributed by atoms with van der Waals surface area (Å²) in [6.07, 6.45) is 0. The van der Waals surface area contributed by atoms with E-state index in [9.17, 15) is 0 Å². The molecule has 46 valence electrons. The number of oxime groups is 1. The highest BCUT2D eigenvalue weighted by Gasteiger charge is 2.42. The summed E-state index contributed by atoms with van der Waals surface area (Å²) in [5.74, 6) is 1.10. The van der Waals surface area contributed by atoms with Crippen LogP contribution in [0.15, 0.2) is 5.16 Å². The molecule has 3 heteroatoms. The Labute approximate surface area is 53.0 Å². The third kappa shape index (κ3) is 0.823. The number of hydrogen-bond acceptors (Lipinski definition) is 3. The SMILES string of the molecule is C/C(=N\O)C1(C)CS1. The van der Waals surface area contributed by atoms with Crippen LogP contribution >= 0.6 is 11.8 Å². The van der Waals surface area contributed by atoms with Gasteiger partial charge in [0.25, 0.3) is 0 Å². The molecule has 0 amide bonds. The van der Waals surface area contributed by atoms with Crippen molar-refractivity contribution in [1.29, 1.82) is 0 Å². The second-order valence-corrected chi connectivity index (χ2v) is 3.68. The first-order valence-corrected chi connectivity index (χ1v) is 3.51. The minimum absolute atomic E-state index is 0.175. The van der Waals surface area contributed by atoms with Gasteiger partial charge < -0.3 is 5.21 Å². The number of hydrogen-bond donors (Lipinski definition) is 1. The van der Waals surface area contributed by atoms with Gasteiger partial charge in [0.1, 0.15) is 0 Å². The number of nitrogens with zero attached hydrogens (tertiary/aromatic N) is 1. The van der Waals surface area contributed by atoms with Crippen LogP contribution in [0.3, 0.4) is 0 Å². The largest absolute Gasteiger partial charge is 0.411 e. The van der Waals surface area contributed by atoms with Gasteiger partial charge in [0.15, 0.2) is 0 Å². The molecule has 8 heavy (non-hydrogen) atoms. The molecule has 0 radical (unpaired) electrons. The van der Waals surface area contributed by atoms with Crippen LogP contribution in [0.2, 0.25) is 0 Å². The third-order valence-corrected chi connectivity index (χ3v) is 2.94. The first-order chi connectivity index (χ1) is 3.69. The zero-order valence-corrected chi connectivity index (χ0v) is 5.83. The van der Waals surface area contributed by atoms with Crippen molar-refractivity contribution in [2.75, 3.05) is 5.75 Å². The van der Waals surface area contributed by atoms with Crippen molar-refractivity contribution >= 4 is 17.5 Å². The number of thioether (sulfide) groups is 1. The molecule has 0 saturated carbocycles. The molecule has 0 aromatic carbocycles. The van der Waals surface area contributed by atoms with Gasteiger partial charge in [-0.2, -0.15) is 0 Å². The second kappa shape index (κ2) is 1.65. The summed E-state index contributed by atoms with van der Waals surface area (Å²) in [5.41, 5.74) is 0.836. The molecule has 0 aromatic heterocycles. The Bertz CT molecular complexity index is 128. The maximum atomic E-state index is 8.29. The lowest BCUT2D eigenvalue weighted by molar-refractivity contribution is 0.317. The average molecular weight is 131 g/mol. The second-order valence-electron chi connectivity index (χ2n) is 2.20. The lowest BCUT2D eigenvalue weighted by Gasteiger charge is -1.99. The van der Waals surface area contributed by atoms with Crippen LogP contribution in [0.1, 0.15) is 13.8 Å². The summed E-state index contributed by atoms with van der Waals surface area (Å²) in [4.78, 5) is 0. The van der Waals surface area contributed by atoms with Crippen molar-refractivity contribution in [3.05, 3.63) is 0 Å². The summed E-state index contributed by atoms with van der Waals surface area (Å²) >= 11 is 1.81. The van der Waals surface area contributed by atoms with E-state index >= 15 is 0 Å². The molecule has 1 rings (SSSR count). The fraction of sp³-hybridized carbons (Fsp3) is 0.800. The molecule has 1 atom stereocenters. The van der Waals surface area contributed by atoms with E-state index in [4.69, 9.17) is 5.21 Å². The maximum Gasteiger partial charge on any atom is 0.0705 e. The van der Waals surface area contributed by atoms with Gasteiger partial charge in [0.05, 0.1) is 10.5 Å². The van der Waals surface area contributed by atoms with Gasteiger partial charge >= 0.3 is 0 Å². The Kier molecular flexibility index (Phi) is 1.23. The molecule has 1 fully saturated rings. The Hall–Kier alpha value is -0.180. The highest BCUT2D eigenvalue weighted by Crippen LogP contribution is 2.44. The van der Waals surface area contributed by atoms with Gasteiger partial charge in [-0.25, -0.2) is 0 Å². The zero-order chi connectivity index (χ0) is 6.20. The van der Waals surface area contributed by atoms with Gasteiger partial charge in [-0.05, 0) is 13.8 Å². The topological polar surface area (TPSA) is 32.6 Å². The minimum atomic E-state index is 0.175.